The molecule has 0 aromatic heterocycles. The maximum Gasteiger partial charge on any atom is 0.337 e. The molecule has 0 atom stereocenters. The number of hydrogen-bond donors (Lipinski definition) is 2. The number of carbonyl (C=O) groups excluding carboxylic acids is 4. The topological polar surface area (TPSA) is 120 Å². The average Bonchev–Trinajstić information content (AvgIpc) is 2.86. The molecule has 0 radical (unpaired) electrons. The highest BCUT2D eigenvalue weighted by Crippen LogP contribution is 2.21. The Bertz CT molecular complexity index is 1160. The van der Waals surface area contributed by atoms with Gasteiger partial charge in [0.2, 0.25) is 0 Å². The number of para-hydroxylation sites is 1. The zero-order valence-electron chi connectivity index (χ0n) is 18.3. The summed E-state index contributed by atoms with van der Waals surface area (Å²) < 4.78 is 15.2. The lowest BCUT2D eigenvalue weighted by Crippen LogP contribution is -2.32. The van der Waals surface area contributed by atoms with Crippen LogP contribution in [-0.2, 0) is 19.1 Å². The molecule has 2 N–H and O–H groups in total. The van der Waals surface area contributed by atoms with Gasteiger partial charge >= 0.3 is 11.9 Å². The Morgan fingerprint density at radius 2 is 1.50 bits per heavy atom. The molecule has 2 amide bonds. The summed E-state index contributed by atoms with van der Waals surface area (Å²) in [7, 11) is 1.25. The lowest BCUT2D eigenvalue weighted by molar-refractivity contribution is -0.146. The van der Waals surface area contributed by atoms with Gasteiger partial charge in [0.15, 0.2) is 6.61 Å². The van der Waals surface area contributed by atoms with Crippen molar-refractivity contribution in [1.29, 1.82) is 0 Å². The number of amides is 2. The number of hydrogen-bond acceptors (Lipinski definition) is 7. The van der Waals surface area contributed by atoms with Crippen molar-refractivity contribution in [2.75, 3.05) is 25.6 Å². The Hall–Kier alpha value is -4.66. The van der Waals surface area contributed by atoms with E-state index >= 15 is 0 Å². The van der Waals surface area contributed by atoms with Gasteiger partial charge in [0.1, 0.15) is 18.0 Å². The fourth-order valence-corrected chi connectivity index (χ4v) is 2.79. The molecule has 34 heavy (non-hydrogen) atoms. The third kappa shape index (κ3) is 7.20. The van der Waals surface area contributed by atoms with Gasteiger partial charge in [-0.25, -0.2) is 4.79 Å². The van der Waals surface area contributed by atoms with Crippen LogP contribution in [0.4, 0.5) is 5.69 Å². The van der Waals surface area contributed by atoms with E-state index in [1.54, 1.807) is 36.4 Å². The standard InChI is InChI=1S/C25H22N2O7/c1-32-25(31)18-6-5-7-19(14-18)27-22(28)16-33-23(29)15-26-24(30)17-10-12-21(13-11-17)34-20-8-3-2-4-9-20/h2-14H,15-16H2,1H3,(H,26,30)(H,27,28). The number of ether oxygens (including phenoxy) is 3. The second-order valence-electron chi connectivity index (χ2n) is 6.90. The van der Waals surface area contributed by atoms with E-state index in [0.717, 1.165) is 0 Å². The van der Waals surface area contributed by atoms with E-state index in [-0.39, 0.29) is 5.56 Å². The summed E-state index contributed by atoms with van der Waals surface area (Å²) in [6.45, 7) is -0.963. The molecule has 9 nitrogen and oxygen atoms in total. The molecule has 3 rings (SSSR count). The van der Waals surface area contributed by atoms with E-state index in [2.05, 4.69) is 15.4 Å². The molecule has 3 aromatic carbocycles. The smallest absolute Gasteiger partial charge is 0.337 e. The normalized spacial score (nSPS) is 10.0. The minimum Gasteiger partial charge on any atom is -0.465 e. The largest absolute Gasteiger partial charge is 0.465 e. The fraction of sp³-hybridized carbons (Fsp3) is 0.120. The molecule has 0 saturated heterocycles. The maximum atomic E-state index is 12.2. The van der Waals surface area contributed by atoms with Gasteiger partial charge in [0, 0.05) is 11.3 Å². The lowest BCUT2D eigenvalue weighted by atomic mass is 10.2. The summed E-state index contributed by atoms with van der Waals surface area (Å²) in [5.41, 5.74) is 0.938. The monoisotopic (exact) mass is 462 g/mol. The quantitative estimate of drug-likeness (QED) is 0.469. The van der Waals surface area contributed by atoms with E-state index in [1.165, 1.54) is 19.2 Å². The summed E-state index contributed by atoms with van der Waals surface area (Å²) in [6, 6.07) is 21.7. The Morgan fingerprint density at radius 3 is 2.21 bits per heavy atom. The third-order valence-electron chi connectivity index (χ3n) is 4.42. The van der Waals surface area contributed by atoms with Gasteiger partial charge in [-0.3, -0.25) is 14.4 Å². The second kappa shape index (κ2) is 11.8. The highest BCUT2D eigenvalue weighted by atomic mass is 16.5. The van der Waals surface area contributed by atoms with Crippen molar-refractivity contribution in [3.05, 3.63) is 90.0 Å². The highest BCUT2D eigenvalue weighted by Gasteiger charge is 2.12. The molecule has 0 aliphatic carbocycles. The number of benzene rings is 3. The lowest BCUT2D eigenvalue weighted by Gasteiger charge is -2.09. The predicted molar refractivity (Wildman–Crippen MR) is 123 cm³/mol. The zero-order valence-corrected chi connectivity index (χ0v) is 18.3. The molecule has 0 heterocycles. The summed E-state index contributed by atoms with van der Waals surface area (Å²) in [5, 5.41) is 4.94. The van der Waals surface area contributed by atoms with Crippen LogP contribution < -0.4 is 15.4 Å². The number of nitrogens with one attached hydrogen (secondary N) is 2. The van der Waals surface area contributed by atoms with Crippen LogP contribution in [0.1, 0.15) is 20.7 Å². The molecule has 0 bridgehead atoms. The Labute approximate surface area is 195 Å². The molecule has 0 fully saturated rings. The minimum absolute atomic E-state index is 0.264. The number of methoxy groups -OCH3 is 1. The van der Waals surface area contributed by atoms with Crippen LogP contribution in [0.3, 0.4) is 0 Å². The van der Waals surface area contributed by atoms with Gasteiger partial charge in [-0.1, -0.05) is 24.3 Å². The average molecular weight is 462 g/mol. The second-order valence-corrected chi connectivity index (χ2v) is 6.90. The van der Waals surface area contributed by atoms with Crippen molar-refractivity contribution in [1.82, 2.24) is 5.32 Å². The molecular weight excluding hydrogens is 440 g/mol. The Kier molecular flexibility index (Phi) is 8.34. The molecule has 0 spiro atoms. The van der Waals surface area contributed by atoms with Crippen LogP contribution in [0.15, 0.2) is 78.9 Å². The minimum atomic E-state index is -0.782. The van der Waals surface area contributed by atoms with Crippen LogP contribution in [0.2, 0.25) is 0 Å². The molecule has 0 aliphatic heterocycles. The SMILES string of the molecule is COC(=O)c1cccc(NC(=O)COC(=O)CNC(=O)c2ccc(Oc3ccccc3)cc2)c1. The summed E-state index contributed by atoms with van der Waals surface area (Å²) in [5.74, 6) is -1.18. The van der Waals surface area contributed by atoms with Crippen LogP contribution in [0.5, 0.6) is 11.5 Å². The van der Waals surface area contributed by atoms with Gasteiger partial charge < -0.3 is 24.8 Å². The number of esters is 2. The first-order chi connectivity index (χ1) is 16.4. The molecule has 174 valence electrons. The predicted octanol–water partition coefficient (Wildman–Crippen LogP) is 3.18. The Balaban J connectivity index is 1.41. The van der Waals surface area contributed by atoms with E-state index in [4.69, 9.17) is 9.47 Å². The van der Waals surface area contributed by atoms with Crippen molar-refractivity contribution >= 4 is 29.4 Å². The molecule has 3 aromatic rings. The van der Waals surface area contributed by atoms with Crippen LogP contribution in [0, 0.1) is 0 Å². The summed E-state index contributed by atoms with van der Waals surface area (Å²) in [4.78, 5) is 47.6. The molecule has 0 saturated carbocycles. The maximum absolute atomic E-state index is 12.2. The first-order valence-corrected chi connectivity index (χ1v) is 10.2. The highest BCUT2D eigenvalue weighted by molar-refractivity contribution is 5.97. The molecule has 9 heteroatoms. The first-order valence-electron chi connectivity index (χ1n) is 10.2. The van der Waals surface area contributed by atoms with Crippen molar-refractivity contribution in [2.45, 2.75) is 0 Å². The molecular formula is C25H22N2O7. The number of carbonyl (C=O) groups is 4. The Morgan fingerprint density at radius 1 is 0.794 bits per heavy atom. The van der Waals surface area contributed by atoms with Gasteiger partial charge in [0.25, 0.3) is 11.8 Å². The van der Waals surface area contributed by atoms with Crippen LogP contribution in [0.25, 0.3) is 0 Å². The number of anilines is 1. The molecule has 0 unspecified atom stereocenters. The van der Waals surface area contributed by atoms with Crippen LogP contribution >= 0.6 is 0 Å². The van der Waals surface area contributed by atoms with Crippen molar-refractivity contribution < 1.29 is 33.4 Å². The number of rotatable bonds is 9. The first kappa shape index (κ1) is 24.0. The summed E-state index contributed by atoms with van der Waals surface area (Å²) in [6.07, 6.45) is 0. The summed E-state index contributed by atoms with van der Waals surface area (Å²) >= 11 is 0. The zero-order chi connectivity index (χ0) is 24.3. The van der Waals surface area contributed by atoms with Crippen molar-refractivity contribution in [2.24, 2.45) is 0 Å². The van der Waals surface area contributed by atoms with Gasteiger partial charge in [-0.05, 0) is 54.6 Å². The van der Waals surface area contributed by atoms with E-state index < -0.39 is 36.9 Å². The van der Waals surface area contributed by atoms with Crippen molar-refractivity contribution in [3.8, 4) is 11.5 Å². The van der Waals surface area contributed by atoms with Gasteiger partial charge in [-0.2, -0.15) is 0 Å². The van der Waals surface area contributed by atoms with Gasteiger partial charge in [0.05, 0.1) is 12.7 Å². The van der Waals surface area contributed by atoms with Crippen LogP contribution in [-0.4, -0.2) is 44.0 Å². The van der Waals surface area contributed by atoms with E-state index in [1.807, 2.05) is 30.3 Å². The van der Waals surface area contributed by atoms with E-state index in [9.17, 15) is 19.2 Å². The third-order valence-corrected chi connectivity index (χ3v) is 4.42. The molecule has 0 aliphatic rings. The van der Waals surface area contributed by atoms with E-state index in [0.29, 0.717) is 22.7 Å². The fourth-order valence-electron chi connectivity index (χ4n) is 2.79. The van der Waals surface area contributed by atoms with Crippen molar-refractivity contribution in [3.63, 3.8) is 0 Å². The van der Waals surface area contributed by atoms with Gasteiger partial charge in [-0.15, -0.1) is 0 Å².